The first-order valence-corrected chi connectivity index (χ1v) is 6.94. The fraction of sp³-hybridized carbons (Fsp3) is 0.333. The molecular weight excluding hydrogens is 332 g/mol. The molecule has 0 radical (unpaired) electrons. The Bertz CT molecular complexity index is 589. The van der Waals surface area contributed by atoms with Gasteiger partial charge in [0, 0.05) is 24.4 Å². The van der Waals surface area contributed by atoms with E-state index in [0.29, 0.717) is 24.0 Å². The predicted octanol–water partition coefficient (Wildman–Crippen LogP) is 2.04. The third kappa shape index (κ3) is 2.64. The first-order valence-electron chi connectivity index (χ1n) is 5.82. The summed E-state index contributed by atoms with van der Waals surface area (Å²) >= 11 is 3.31. The normalized spacial score (nSPS) is 18.4. The standard InChI is InChI=1S/C12H11BrN2O5/c13-5-7-3-11(16)14(6-7)8-1-2-9(12(17)18)10(4-8)15(19)20/h1-2,4,7H,3,5-6H2,(H,17,18). The van der Waals surface area contributed by atoms with Crippen molar-refractivity contribution in [2.75, 3.05) is 16.8 Å². The molecule has 20 heavy (non-hydrogen) atoms. The first kappa shape index (κ1) is 14.4. The van der Waals surface area contributed by atoms with Crippen molar-refractivity contribution >= 4 is 39.2 Å². The number of carboxylic acid groups (broad SMARTS) is 1. The van der Waals surface area contributed by atoms with Gasteiger partial charge in [-0.3, -0.25) is 14.9 Å². The van der Waals surface area contributed by atoms with E-state index in [1.165, 1.54) is 11.0 Å². The number of benzene rings is 1. The number of carbonyl (C=O) groups is 2. The molecule has 0 aliphatic carbocycles. The number of nitrogens with zero attached hydrogens (tertiary/aromatic N) is 2. The summed E-state index contributed by atoms with van der Waals surface area (Å²) in [4.78, 5) is 34.4. The average molecular weight is 343 g/mol. The van der Waals surface area contributed by atoms with Gasteiger partial charge < -0.3 is 10.0 Å². The number of nitro groups is 1. The minimum Gasteiger partial charge on any atom is -0.477 e. The summed E-state index contributed by atoms with van der Waals surface area (Å²) in [6, 6.07) is 3.72. The Kier molecular flexibility index (Phi) is 4.03. The van der Waals surface area contributed by atoms with Crippen molar-refractivity contribution in [3.63, 3.8) is 0 Å². The van der Waals surface area contributed by atoms with E-state index in [9.17, 15) is 19.7 Å². The number of anilines is 1. The maximum Gasteiger partial charge on any atom is 0.342 e. The zero-order valence-corrected chi connectivity index (χ0v) is 11.9. The van der Waals surface area contributed by atoms with E-state index < -0.39 is 16.6 Å². The molecule has 1 amide bonds. The number of hydrogen-bond donors (Lipinski definition) is 1. The fourth-order valence-corrected chi connectivity index (χ4v) is 2.59. The maximum atomic E-state index is 11.9. The van der Waals surface area contributed by atoms with Crippen LogP contribution in [0.1, 0.15) is 16.8 Å². The summed E-state index contributed by atoms with van der Waals surface area (Å²) in [7, 11) is 0. The lowest BCUT2D eigenvalue weighted by molar-refractivity contribution is -0.385. The highest BCUT2D eigenvalue weighted by Crippen LogP contribution is 2.30. The fourth-order valence-electron chi connectivity index (χ4n) is 2.15. The largest absolute Gasteiger partial charge is 0.477 e. The zero-order valence-electron chi connectivity index (χ0n) is 10.3. The van der Waals surface area contributed by atoms with E-state index in [4.69, 9.17) is 5.11 Å². The number of amides is 1. The molecule has 1 fully saturated rings. The van der Waals surface area contributed by atoms with E-state index in [0.717, 1.165) is 12.1 Å². The molecule has 2 rings (SSSR count). The van der Waals surface area contributed by atoms with Gasteiger partial charge in [0.15, 0.2) is 0 Å². The summed E-state index contributed by atoms with van der Waals surface area (Å²) < 4.78 is 0. The Morgan fingerprint density at radius 2 is 2.25 bits per heavy atom. The molecule has 8 heteroatoms. The SMILES string of the molecule is O=C(O)c1ccc(N2CC(CBr)CC2=O)cc1[N+](=O)[O-]. The number of carbonyl (C=O) groups excluding carboxylic acids is 1. The van der Waals surface area contributed by atoms with Crippen LogP contribution in [0, 0.1) is 16.0 Å². The number of aromatic carboxylic acids is 1. The topological polar surface area (TPSA) is 101 Å². The molecule has 1 aromatic rings. The molecular formula is C12H11BrN2O5. The van der Waals surface area contributed by atoms with E-state index in [1.807, 2.05) is 0 Å². The van der Waals surface area contributed by atoms with Gasteiger partial charge in [-0.1, -0.05) is 15.9 Å². The molecule has 1 aliphatic rings. The van der Waals surface area contributed by atoms with Crippen LogP contribution in [0.3, 0.4) is 0 Å². The van der Waals surface area contributed by atoms with Crippen LogP contribution in [0.25, 0.3) is 0 Å². The molecule has 1 heterocycles. The summed E-state index contributed by atoms with van der Waals surface area (Å²) in [5.41, 5.74) is -0.539. The third-order valence-electron chi connectivity index (χ3n) is 3.14. The Hall–Kier alpha value is -1.96. The van der Waals surface area contributed by atoms with Gasteiger partial charge >= 0.3 is 5.97 Å². The van der Waals surface area contributed by atoms with Crippen LogP contribution < -0.4 is 4.90 Å². The van der Waals surface area contributed by atoms with Crippen molar-refractivity contribution < 1.29 is 19.6 Å². The monoisotopic (exact) mass is 342 g/mol. The van der Waals surface area contributed by atoms with Crippen LogP contribution in [-0.2, 0) is 4.79 Å². The van der Waals surface area contributed by atoms with Crippen LogP contribution in [0.4, 0.5) is 11.4 Å². The number of alkyl halides is 1. The summed E-state index contributed by atoms with van der Waals surface area (Å²) in [5.74, 6) is -1.33. The molecule has 1 saturated heterocycles. The van der Waals surface area contributed by atoms with Gasteiger partial charge in [0.2, 0.25) is 5.91 Å². The molecule has 1 atom stereocenters. The van der Waals surface area contributed by atoms with Crippen molar-refractivity contribution in [1.29, 1.82) is 0 Å². The van der Waals surface area contributed by atoms with Gasteiger partial charge in [0.25, 0.3) is 5.69 Å². The van der Waals surface area contributed by atoms with Crippen molar-refractivity contribution in [1.82, 2.24) is 0 Å². The highest BCUT2D eigenvalue weighted by Gasteiger charge is 2.31. The molecule has 1 aliphatic heterocycles. The van der Waals surface area contributed by atoms with Crippen molar-refractivity contribution in [2.24, 2.45) is 5.92 Å². The molecule has 1 unspecified atom stereocenters. The lowest BCUT2D eigenvalue weighted by atomic mass is 10.1. The second-order valence-electron chi connectivity index (χ2n) is 4.49. The van der Waals surface area contributed by atoms with Crippen LogP contribution in [0.15, 0.2) is 18.2 Å². The number of halogens is 1. The van der Waals surface area contributed by atoms with Gasteiger partial charge in [-0.15, -0.1) is 0 Å². The van der Waals surface area contributed by atoms with Crippen LogP contribution in [0.2, 0.25) is 0 Å². The Labute approximate surface area is 122 Å². The number of hydrogen-bond acceptors (Lipinski definition) is 4. The van der Waals surface area contributed by atoms with E-state index in [2.05, 4.69) is 15.9 Å². The first-order chi connectivity index (χ1) is 9.43. The van der Waals surface area contributed by atoms with Gasteiger partial charge in [0.05, 0.1) is 10.6 Å². The van der Waals surface area contributed by atoms with E-state index >= 15 is 0 Å². The van der Waals surface area contributed by atoms with Gasteiger partial charge in [-0.2, -0.15) is 0 Å². The maximum absolute atomic E-state index is 11.9. The van der Waals surface area contributed by atoms with Crippen LogP contribution in [0.5, 0.6) is 0 Å². The minimum atomic E-state index is -1.37. The quantitative estimate of drug-likeness (QED) is 0.512. The molecule has 0 spiro atoms. The predicted molar refractivity (Wildman–Crippen MR) is 74.3 cm³/mol. The minimum absolute atomic E-state index is 0.119. The molecule has 0 aromatic heterocycles. The van der Waals surface area contributed by atoms with Crippen molar-refractivity contribution in [3.8, 4) is 0 Å². The Morgan fingerprint density at radius 3 is 2.75 bits per heavy atom. The molecule has 0 bridgehead atoms. The number of carboxylic acids is 1. The van der Waals surface area contributed by atoms with Crippen molar-refractivity contribution in [2.45, 2.75) is 6.42 Å². The molecule has 0 saturated carbocycles. The van der Waals surface area contributed by atoms with Crippen LogP contribution >= 0.6 is 15.9 Å². The molecule has 1 N–H and O–H groups in total. The van der Waals surface area contributed by atoms with Gasteiger partial charge in [0.1, 0.15) is 5.56 Å². The summed E-state index contributed by atoms with van der Waals surface area (Å²) in [6.45, 7) is 0.466. The van der Waals surface area contributed by atoms with Gasteiger partial charge in [-0.05, 0) is 18.1 Å². The molecule has 106 valence electrons. The Morgan fingerprint density at radius 1 is 1.55 bits per heavy atom. The number of nitro benzene ring substituents is 1. The van der Waals surface area contributed by atoms with Gasteiger partial charge in [-0.25, -0.2) is 4.79 Å². The Balaban J connectivity index is 2.39. The van der Waals surface area contributed by atoms with Crippen LogP contribution in [-0.4, -0.2) is 33.8 Å². The number of rotatable bonds is 4. The third-order valence-corrected chi connectivity index (χ3v) is 4.06. The zero-order chi connectivity index (χ0) is 14.9. The second-order valence-corrected chi connectivity index (χ2v) is 5.14. The molecule has 1 aromatic carbocycles. The highest BCUT2D eigenvalue weighted by atomic mass is 79.9. The van der Waals surface area contributed by atoms with E-state index in [1.54, 1.807) is 0 Å². The highest BCUT2D eigenvalue weighted by molar-refractivity contribution is 9.09. The average Bonchev–Trinajstić information content (AvgIpc) is 2.79. The lowest BCUT2D eigenvalue weighted by Gasteiger charge is -2.16. The lowest BCUT2D eigenvalue weighted by Crippen LogP contribution is -2.24. The summed E-state index contributed by atoms with van der Waals surface area (Å²) in [6.07, 6.45) is 0.375. The van der Waals surface area contributed by atoms with E-state index in [-0.39, 0.29) is 17.4 Å². The van der Waals surface area contributed by atoms with Crippen molar-refractivity contribution in [3.05, 3.63) is 33.9 Å². The summed E-state index contributed by atoms with van der Waals surface area (Å²) in [5, 5.41) is 20.5. The molecule has 7 nitrogen and oxygen atoms in total. The second kappa shape index (κ2) is 5.58. The smallest absolute Gasteiger partial charge is 0.342 e.